The second-order valence-electron chi connectivity index (χ2n) is 5.47. The Kier molecular flexibility index (Phi) is 5.27. The predicted octanol–water partition coefficient (Wildman–Crippen LogP) is 3.51. The highest BCUT2D eigenvalue weighted by molar-refractivity contribution is 9.10. The van der Waals surface area contributed by atoms with Gasteiger partial charge in [-0.3, -0.25) is 0 Å². The second-order valence-corrected chi connectivity index (χ2v) is 8.29. The zero-order valence-corrected chi connectivity index (χ0v) is 14.4. The van der Waals surface area contributed by atoms with Crippen molar-refractivity contribution in [3.63, 3.8) is 0 Å². The van der Waals surface area contributed by atoms with Gasteiger partial charge in [0.2, 0.25) is 10.0 Å². The molecule has 0 atom stereocenters. The van der Waals surface area contributed by atoms with Crippen LogP contribution in [0.25, 0.3) is 0 Å². The average Bonchev–Trinajstić information content (AvgIpc) is 2.70. The fourth-order valence-electron chi connectivity index (χ4n) is 2.74. The van der Waals surface area contributed by atoms with E-state index in [1.54, 1.807) is 7.05 Å². The molecule has 1 aromatic rings. The van der Waals surface area contributed by atoms with Crippen molar-refractivity contribution < 1.29 is 12.8 Å². The molecule has 1 aliphatic rings. The van der Waals surface area contributed by atoms with Crippen LogP contribution in [-0.2, 0) is 10.0 Å². The average molecular weight is 379 g/mol. The summed E-state index contributed by atoms with van der Waals surface area (Å²) in [4.78, 5) is -0.0393. The number of halogens is 2. The Morgan fingerprint density at radius 2 is 1.81 bits per heavy atom. The lowest BCUT2D eigenvalue weighted by molar-refractivity contribution is 0.336. The van der Waals surface area contributed by atoms with Crippen LogP contribution in [0.1, 0.15) is 38.5 Å². The van der Waals surface area contributed by atoms with Crippen molar-refractivity contribution in [1.29, 1.82) is 0 Å². The van der Waals surface area contributed by atoms with Crippen LogP contribution in [0.5, 0.6) is 0 Å². The van der Waals surface area contributed by atoms with E-state index in [2.05, 4.69) is 15.9 Å². The lowest BCUT2D eigenvalue weighted by Crippen LogP contribution is -2.37. The summed E-state index contributed by atoms with van der Waals surface area (Å²) in [5.41, 5.74) is 5.65. The Hall–Kier alpha value is -0.660. The van der Waals surface area contributed by atoms with E-state index < -0.39 is 15.8 Å². The summed E-state index contributed by atoms with van der Waals surface area (Å²) in [5.74, 6) is -0.566. The van der Waals surface area contributed by atoms with Crippen LogP contribution in [0, 0.1) is 5.82 Å². The lowest BCUT2D eigenvalue weighted by atomic mass is 10.1. The highest BCUT2D eigenvalue weighted by Gasteiger charge is 2.30. The van der Waals surface area contributed by atoms with Crippen molar-refractivity contribution >= 4 is 31.6 Å². The van der Waals surface area contributed by atoms with Crippen molar-refractivity contribution in [3.8, 4) is 0 Å². The van der Waals surface area contributed by atoms with E-state index in [0.29, 0.717) is 0 Å². The van der Waals surface area contributed by atoms with Crippen molar-refractivity contribution in [1.82, 2.24) is 4.31 Å². The quantitative estimate of drug-likeness (QED) is 0.646. The first-order valence-corrected chi connectivity index (χ1v) is 9.30. The summed E-state index contributed by atoms with van der Waals surface area (Å²) in [7, 11) is -2.13. The molecule has 7 heteroatoms. The molecule has 0 amide bonds. The van der Waals surface area contributed by atoms with Crippen LogP contribution in [0.15, 0.2) is 21.5 Å². The van der Waals surface area contributed by atoms with E-state index in [9.17, 15) is 12.8 Å². The molecule has 0 radical (unpaired) electrons. The number of nitrogen functional groups attached to an aromatic ring is 1. The highest BCUT2D eigenvalue weighted by Crippen LogP contribution is 2.31. The molecule has 21 heavy (non-hydrogen) atoms. The summed E-state index contributed by atoms with van der Waals surface area (Å²) < 4.78 is 40.4. The van der Waals surface area contributed by atoms with Gasteiger partial charge in [0.1, 0.15) is 10.7 Å². The zero-order chi connectivity index (χ0) is 15.6. The summed E-state index contributed by atoms with van der Waals surface area (Å²) in [5, 5.41) is 0. The number of hydrogen-bond acceptors (Lipinski definition) is 3. The van der Waals surface area contributed by atoms with E-state index >= 15 is 0 Å². The Labute approximate surface area is 133 Å². The van der Waals surface area contributed by atoms with E-state index in [-0.39, 0.29) is 21.1 Å². The van der Waals surface area contributed by atoms with Crippen molar-refractivity contribution in [2.45, 2.75) is 49.5 Å². The van der Waals surface area contributed by atoms with Gasteiger partial charge in [0.15, 0.2) is 0 Å². The molecule has 1 aliphatic carbocycles. The maximum atomic E-state index is 13.4. The second kappa shape index (κ2) is 6.62. The number of sulfonamides is 1. The molecule has 0 aliphatic heterocycles. The summed E-state index contributed by atoms with van der Waals surface area (Å²) in [6, 6.07) is 2.27. The third-order valence-corrected chi connectivity index (χ3v) is 6.62. The van der Waals surface area contributed by atoms with Gasteiger partial charge in [-0.25, -0.2) is 12.8 Å². The monoisotopic (exact) mass is 378 g/mol. The number of nitrogens with two attached hydrogens (primary N) is 1. The first kappa shape index (κ1) is 16.7. The van der Waals surface area contributed by atoms with E-state index in [1.165, 1.54) is 10.4 Å². The normalized spacial score (nSPS) is 17.9. The lowest BCUT2D eigenvalue weighted by Gasteiger charge is -2.27. The molecule has 0 aromatic heterocycles. The first-order valence-electron chi connectivity index (χ1n) is 7.06. The topological polar surface area (TPSA) is 63.4 Å². The maximum absolute atomic E-state index is 13.4. The van der Waals surface area contributed by atoms with Crippen LogP contribution in [-0.4, -0.2) is 25.8 Å². The Morgan fingerprint density at radius 3 is 2.38 bits per heavy atom. The van der Waals surface area contributed by atoms with Crippen molar-refractivity contribution in [2.75, 3.05) is 12.8 Å². The van der Waals surface area contributed by atoms with Crippen LogP contribution >= 0.6 is 15.9 Å². The molecule has 118 valence electrons. The largest absolute Gasteiger partial charge is 0.398 e. The van der Waals surface area contributed by atoms with Crippen molar-refractivity contribution in [3.05, 3.63) is 22.4 Å². The number of hydrogen-bond donors (Lipinski definition) is 1. The Bertz CT molecular complexity index is 614. The molecule has 1 fully saturated rings. The molecule has 0 spiro atoms. The van der Waals surface area contributed by atoms with Crippen LogP contribution in [0.2, 0.25) is 0 Å². The molecule has 4 nitrogen and oxygen atoms in total. The standard InChI is InChI=1S/C14H20BrFN2O2S/c1-18(10-6-4-2-3-5-7-10)21(19,20)14-8-11(15)12(16)9-13(14)17/h8-10H,2-7,17H2,1H3. The van der Waals surface area contributed by atoms with Gasteiger partial charge in [-0.1, -0.05) is 25.7 Å². The van der Waals surface area contributed by atoms with Gasteiger partial charge >= 0.3 is 0 Å². The van der Waals surface area contributed by atoms with Crippen LogP contribution in [0.4, 0.5) is 10.1 Å². The van der Waals surface area contributed by atoms with Gasteiger partial charge in [0.05, 0.1) is 10.2 Å². The molecule has 0 heterocycles. The third kappa shape index (κ3) is 3.57. The minimum absolute atomic E-state index is 0.0132. The summed E-state index contributed by atoms with van der Waals surface area (Å²) in [6.07, 6.45) is 6.08. The van der Waals surface area contributed by atoms with Gasteiger partial charge in [-0.05, 0) is 40.9 Å². The fraction of sp³-hybridized carbons (Fsp3) is 0.571. The highest BCUT2D eigenvalue weighted by atomic mass is 79.9. The predicted molar refractivity (Wildman–Crippen MR) is 85.0 cm³/mol. The third-order valence-electron chi connectivity index (χ3n) is 4.05. The van der Waals surface area contributed by atoms with Gasteiger partial charge < -0.3 is 5.73 Å². The SMILES string of the molecule is CN(C1CCCCCC1)S(=O)(=O)c1cc(Br)c(F)cc1N. The molecule has 0 saturated heterocycles. The fourth-order valence-corrected chi connectivity index (χ4v) is 4.77. The van der Waals surface area contributed by atoms with Crippen molar-refractivity contribution in [2.24, 2.45) is 0 Å². The Morgan fingerprint density at radius 1 is 1.24 bits per heavy atom. The molecular formula is C14H20BrFN2O2S. The van der Waals surface area contributed by atoms with Gasteiger partial charge in [-0.2, -0.15) is 4.31 Å². The molecule has 2 rings (SSSR count). The minimum Gasteiger partial charge on any atom is -0.398 e. The molecular weight excluding hydrogens is 359 g/mol. The van der Waals surface area contributed by atoms with E-state index in [1.807, 2.05) is 0 Å². The Balaban J connectivity index is 2.34. The van der Waals surface area contributed by atoms with E-state index in [0.717, 1.165) is 44.6 Å². The first-order chi connectivity index (χ1) is 9.84. The smallest absolute Gasteiger partial charge is 0.245 e. The molecule has 0 unspecified atom stereocenters. The number of nitrogens with zero attached hydrogens (tertiary/aromatic N) is 1. The van der Waals surface area contributed by atoms with Crippen LogP contribution < -0.4 is 5.73 Å². The number of rotatable bonds is 3. The zero-order valence-electron chi connectivity index (χ0n) is 12.0. The molecule has 1 aromatic carbocycles. The number of benzene rings is 1. The maximum Gasteiger partial charge on any atom is 0.245 e. The molecule has 1 saturated carbocycles. The van der Waals surface area contributed by atoms with E-state index in [4.69, 9.17) is 5.73 Å². The van der Waals surface area contributed by atoms with Crippen LogP contribution in [0.3, 0.4) is 0 Å². The van der Waals surface area contributed by atoms with Gasteiger partial charge in [-0.15, -0.1) is 0 Å². The summed E-state index contributed by atoms with van der Waals surface area (Å²) in [6.45, 7) is 0. The van der Waals surface area contributed by atoms with Gasteiger partial charge in [0.25, 0.3) is 0 Å². The molecule has 0 bridgehead atoms. The minimum atomic E-state index is -3.71. The summed E-state index contributed by atoms with van der Waals surface area (Å²) >= 11 is 3.02. The molecule has 2 N–H and O–H groups in total. The number of anilines is 1. The van der Waals surface area contributed by atoms with Gasteiger partial charge in [0, 0.05) is 13.1 Å².